The predicted molar refractivity (Wildman–Crippen MR) is 77.7 cm³/mol. The minimum absolute atomic E-state index is 0.0127. The van der Waals surface area contributed by atoms with E-state index >= 15 is 0 Å². The molecule has 0 spiro atoms. The highest BCUT2D eigenvalue weighted by molar-refractivity contribution is 6.30. The lowest BCUT2D eigenvalue weighted by molar-refractivity contribution is 0.0561. The van der Waals surface area contributed by atoms with Gasteiger partial charge in [-0.2, -0.15) is 0 Å². The van der Waals surface area contributed by atoms with Crippen molar-refractivity contribution in [1.29, 1.82) is 0 Å². The Labute approximate surface area is 120 Å². The van der Waals surface area contributed by atoms with Crippen molar-refractivity contribution >= 4 is 11.6 Å². The molecule has 1 fully saturated rings. The molecule has 0 bridgehead atoms. The monoisotopic (exact) mass is 283 g/mol. The van der Waals surface area contributed by atoms with Crippen molar-refractivity contribution in [2.45, 2.75) is 38.3 Å². The van der Waals surface area contributed by atoms with E-state index in [9.17, 15) is 0 Å². The van der Waals surface area contributed by atoms with E-state index in [0.717, 1.165) is 38.2 Å². The Bertz CT molecular complexity index is 393. The van der Waals surface area contributed by atoms with Gasteiger partial charge >= 0.3 is 0 Å². The molecule has 1 aliphatic heterocycles. The third-order valence-corrected chi connectivity index (χ3v) is 3.90. The van der Waals surface area contributed by atoms with Gasteiger partial charge in [-0.3, -0.25) is 0 Å². The Morgan fingerprint density at radius 3 is 2.84 bits per heavy atom. The van der Waals surface area contributed by atoms with E-state index in [1.165, 1.54) is 0 Å². The zero-order chi connectivity index (χ0) is 13.7. The molecule has 1 aromatic carbocycles. The molecule has 2 rings (SSSR count). The lowest BCUT2D eigenvalue weighted by Crippen LogP contribution is -2.39. The van der Waals surface area contributed by atoms with Gasteiger partial charge in [0, 0.05) is 24.3 Å². The molecule has 2 atom stereocenters. The molecule has 2 N–H and O–H groups in total. The second-order valence-corrected chi connectivity index (χ2v) is 5.67. The first kappa shape index (κ1) is 14.6. The van der Waals surface area contributed by atoms with E-state index < -0.39 is 0 Å². The maximum absolute atomic E-state index is 6.24. The molecule has 0 amide bonds. The molecule has 19 heavy (non-hydrogen) atoms. The Kier molecular flexibility index (Phi) is 5.49. The summed E-state index contributed by atoms with van der Waals surface area (Å²) in [6.45, 7) is 3.74. The third kappa shape index (κ3) is 4.68. The zero-order valence-corrected chi connectivity index (χ0v) is 12.1. The first-order valence-electron chi connectivity index (χ1n) is 6.90. The molecule has 2 unspecified atom stereocenters. The van der Waals surface area contributed by atoms with Gasteiger partial charge in [-0.25, -0.2) is 0 Å². The number of benzene rings is 1. The normalized spacial score (nSPS) is 19.9. The van der Waals surface area contributed by atoms with E-state index in [-0.39, 0.29) is 12.1 Å². The smallest absolute Gasteiger partial charge is 0.121 e. The molecule has 4 heteroatoms. The van der Waals surface area contributed by atoms with Gasteiger partial charge < -0.3 is 15.2 Å². The lowest BCUT2D eigenvalue weighted by atomic mass is 9.91. The van der Waals surface area contributed by atoms with Gasteiger partial charge in [-0.05, 0) is 50.3 Å². The Morgan fingerprint density at radius 2 is 2.16 bits per heavy atom. The molecular weight excluding hydrogens is 262 g/mol. The van der Waals surface area contributed by atoms with E-state index in [1.807, 2.05) is 31.2 Å². The van der Waals surface area contributed by atoms with Crippen LogP contribution < -0.4 is 10.5 Å². The molecule has 106 valence electrons. The fourth-order valence-electron chi connectivity index (χ4n) is 2.40. The predicted octanol–water partition coefficient (Wildman–Crippen LogP) is 3.25. The third-order valence-electron chi connectivity index (χ3n) is 3.67. The minimum atomic E-state index is -0.0127. The van der Waals surface area contributed by atoms with Crippen LogP contribution in [0.1, 0.15) is 26.2 Å². The molecule has 0 saturated carbocycles. The van der Waals surface area contributed by atoms with Gasteiger partial charge in [-0.15, -0.1) is 0 Å². The largest absolute Gasteiger partial charge is 0.489 e. The van der Waals surface area contributed by atoms with E-state index in [0.29, 0.717) is 10.9 Å². The molecule has 0 aromatic heterocycles. The number of halogens is 1. The summed E-state index contributed by atoms with van der Waals surface area (Å²) in [5, 5.41) is 0.683. The quantitative estimate of drug-likeness (QED) is 0.902. The number of hydrogen-bond donors (Lipinski definition) is 1. The first-order valence-corrected chi connectivity index (χ1v) is 7.28. The standard InChI is InChI=1S/C15H22ClNO2/c1-11(19-14-4-2-3-13(16)10-14)15(17)9-12-5-7-18-8-6-12/h2-4,10-12,15H,5-9,17H2,1H3. The van der Waals surface area contributed by atoms with Crippen molar-refractivity contribution in [3.63, 3.8) is 0 Å². The molecule has 3 nitrogen and oxygen atoms in total. The van der Waals surface area contributed by atoms with E-state index in [2.05, 4.69) is 0 Å². The lowest BCUT2D eigenvalue weighted by Gasteiger charge is -2.28. The first-order chi connectivity index (χ1) is 9.15. The summed E-state index contributed by atoms with van der Waals surface area (Å²) in [5.41, 5.74) is 6.24. The van der Waals surface area contributed by atoms with E-state index in [1.54, 1.807) is 0 Å². The topological polar surface area (TPSA) is 44.5 Å². The summed E-state index contributed by atoms with van der Waals surface area (Å²) in [6, 6.07) is 7.49. The Hall–Kier alpha value is -0.770. The Morgan fingerprint density at radius 1 is 1.42 bits per heavy atom. The summed E-state index contributed by atoms with van der Waals surface area (Å²) in [4.78, 5) is 0. The van der Waals surface area contributed by atoms with Crippen molar-refractivity contribution in [2.75, 3.05) is 13.2 Å². The summed E-state index contributed by atoms with van der Waals surface area (Å²) in [6.07, 6.45) is 3.20. The average molecular weight is 284 g/mol. The highest BCUT2D eigenvalue weighted by Crippen LogP contribution is 2.23. The molecule has 0 radical (unpaired) electrons. The van der Waals surface area contributed by atoms with Gasteiger partial charge in [0.2, 0.25) is 0 Å². The van der Waals surface area contributed by atoms with E-state index in [4.69, 9.17) is 26.8 Å². The van der Waals surface area contributed by atoms with Crippen LogP contribution in [0.4, 0.5) is 0 Å². The Balaban J connectivity index is 1.82. The van der Waals surface area contributed by atoms with Crippen LogP contribution in [-0.2, 0) is 4.74 Å². The molecule has 1 heterocycles. The van der Waals surface area contributed by atoms with Gasteiger partial charge in [-0.1, -0.05) is 17.7 Å². The number of rotatable bonds is 5. The second-order valence-electron chi connectivity index (χ2n) is 5.24. The summed E-state index contributed by atoms with van der Waals surface area (Å²) >= 11 is 5.94. The van der Waals surface area contributed by atoms with Crippen LogP contribution >= 0.6 is 11.6 Å². The van der Waals surface area contributed by atoms with Gasteiger partial charge in [0.15, 0.2) is 0 Å². The molecular formula is C15H22ClNO2. The van der Waals surface area contributed by atoms with Crippen molar-refractivity contribution < 1.29 is 9.47 Å². The second kappa shape index (κ2) is 7.13. The number of ether oxygens (including phenoxy) is 2. The molecule has 1 aromatic rings. The van der Waals surface area contributed by atoms with Gasteiger partial charge in [0.25, 0.3) is 0 Å². The van der Waals surface area contributed by atoms with Crippen LogP contribution in [0.25, 0.3) is 0 Å². The number of hydrogen-bond acceptors (Lipinski definition) is 3. The van der Waals surface area contributed by atoms with Crippen molar-refractivity contribution in [1.82, 2.24) is 0 Å². The maximum atomic E-state index is 6.24. The fourth-order valence-corrected chi connectivity index (χ4v) is 2.58. The highest BCUT2D eigenvalue weighted by Gasteiger charge is 2.21. The van der Waals surface area contributed by atoms with Crippen molar-refractivity contribution in [2.24, 2.45) is 11.7 Å². The summed E-state index contributed by atoms with van der Waals surface area (Å²) < 4.78 is 11.2. The van der Waals surface area contributed by atoms with Crippen molar-refractivity contribution in [3.8, 4) is 5.75 Å². The SMILES string of the molecule is CC(Oc1cccc(Cl)c1)C(N)CC1CCOCC1. The summed E-state index contributed by atoms with van der Waals surface area (Å²) in [5.74, 6) is 1.44. The van der Waals surface area contributed by atoms with Crippen LogP contribution in [0.5, 0.6) is 5.75 Å². The fraction of sp³-hybridized carbons (Fsp3) is 0.600. The minimum Gasteiger partial charge on any atom is -0.489 e. The van der Waals surface area contributed by atoms with Gasteiger partial charge in [0.1, 0.15) is 11.9 Å². The maximum Gasteiger partial charge on any atom is 0.121 e. The van der Waals surface area contributed by atoms with Crippen LogP contribution in [0.3, 0.4) is 0 Å². The average Bonchev–Trinajstić information content (AvgIpc) is 2.40. The van der Waals surface area contributed by atoms with Crippen LogP contribution in [-0.4, -0.2) is 25.4 Å². The van der Waals surface area contributed by atoms with Crippen LogP contribution in [0.2, 0.25) is 5.02 Å². The molecule has 1 saturated heterocycles. The number of nitrogens with two attached hydrogens (primary N) is 1. The van der Waals surface area contributed by atoms with Crippen LogP contribution in [0, 0.1) is 5.92 Å². The summed E-state index contributed by atoms with van der Waals surface area (Å²) in [7, 11) is 0. The highest BCUT2D eigenvalue weighted by atomic mass is 35.5. The van der Waals surface area contributed by atoms with Gasteiger partial charge in [0.05, 0.1) is 0 Å². The van der Waals surface area contributed by atoms with Crippen LogP contribution in [0.15, 0.2) is 24.3 Å². The molecule has 0 aliphatic carbocycles. The molecule has 1 aliphatic rings. The zero-order valence-electron chi connectivity index (χ0n) is 11.3. The van der Waals surface area contributed by atoms with Crippen molar-refractivity contribution in [3.05, 3.63) is 29.3 Å².